The Kier molecular flexibility index (Phi) is 6.84. The molecule has 0 spiro atoms. The molecule has 1 amide bonds. The normalized spacial score (nSPS) is 14.1. The first kappa shape index (κ1) is 18.9. The Morgan fingerprint density at radius 1 is 1.15 bits per heavy atom. The highest BCUT2D eigenvalue weighted by atomic mass is 16.6. The Morgan fingerprint density at radius 2 is 1.93 bits per heavy atom. The van der Waals surface area contributed by atoms with Gasteiger partial charge in [0.2, 0.25) is 5.95 Å². The van der Waals surface area contributed by atoms with Gasteiger partial charge in [0.25, 0.3) is 0 Å². The lowest BCUT2D eigenvalue weighted by Crippen LogP contribution is -2.49. The quantitative estimate of drug-likeness (QED) is 0.757. The summed E-state index contributed by atoms with van der Waals surface area (Å²) in [6.45, 7) is 5.82. The first-order chi connectivity index (χ1) is 13.3. The van der Waals surface area contributed by atoms with Gasteiger partial charge in [-0.2, -0.15) is 4.98 Å². The van der Waals surface area contributed by atoms with Gasteiger partial charge < -0.3 is 19.9 Å². The molecule has 1 fully saturated rings. The maximum Gasteiger partial charge on any atom is 0.409 e. The van der Waals surface area contributed by atoms with Gasteiger partial charge >= 0.3 is 6.09 Å². The van der Waals surface area contributed by atoms with Crippen LogP contribution in [0, 0.1) is 0 Å². The fourth-order valence-corrected chi connectivity index (χ4v) is 3.08. The van der Waals surface area contributed by atoms with Gasteiger partial charge in [-0.05, 0) is 31.4 Å². The number of carbonyl (C=O) groups is 1. The van der Waals surface area contributed by atoms with Crippen molar-refractivity contribution in [2.75, 3.05) is 49.5 Å². The van der Waals surface area contributed by atoms with E-state index in [1.165, 1.54) is 5.56 Å². The number of rotatable bonds is 7. The van der Waals surface area contributed by atoms with E-state index in [1.807, 2.05) is 19.1 Å². The van der Waals surface area contributed by atoms with E-state index in [2.05, 4.69) is 44.5 Å². The lowest BCUT2D eigenvalue weighted by molar-refractivity contribution is 0.105. The highest BCUT2D eigenvalue weighted by molar-refractivity contribution is 5.68. The van der Waals surface area contributed by atoms with E-state index in [9.17, 15) is 4.79 Å². The van der Waals surface area contributed by atoms with E-state index < -0.39 is 0 Å². The third kappa shape index (κ3) is 5.57. The van der Waals surface area contributed by atoms with Crippen LogP contribution in [0.2, 0.25) is 0 Å². The molecule has 1 aliphatic rings. The minimum atomic E-state index is -0.236. The molecule has 0 atom stereocenters. The largest absolute Gasteiger partial charge is 0.450 e. The minimum Gasteiger partial charge on any atom is -0.450 e. The van der Waals surface area contributed by atoms with E-state index in [4.69, 9.17) is 4.74 Å². The monoisotopic (exact) mass is 369 g/mol. The molecule has 0 radical (unpaired) electrons. The fraction of sp³-hybridized carbons (Fsp3) is 0.450. The lowest BCUT2D eigenvalue weighted by Gasteiger charge is -2.34. The number of benzene rings is 1. The number of anilines is 2. The molecule has 1 N–H and O–H groups in total. The van der Waals surface area contributed by atoms with E-state index in [1.54, 1.807) is 11.1 Å². The van der Waals surface area contributed by atoms with E-state index >= 15 is 0 Å². The van der Waals surface area contributed by atoms with Crippen molar-refractivity contribution in [3.8, 4) is 0 Å². The van der Waals surface area contributed by atoms with Crippen molar-refractivity contribution in [3.63, 3.8) is 0 Å². The summed E-state index contributed by atoms with van der Waals surface area (Å²) < 4.78 is 5.06. The van der Waals surface area contributed by atoms with Crippen molar-refractivity contribution >= 4 is 17.9 Å². The highest BCUT2D eigenvalue weighted by Gasteiger charge is 2.22. The SMILES string of the molecule is CCOC(=O)N1CCN(c2ccnc(NCCCc3ccccc3)n2)CC1. The number of aromatic nitrogens is 2. The summed E-state index contributed by atoms with van der Waals surface area (Å²) in [7, 11) is 0. The van der Waals surface area contributed by atoms with Crippen LogP contribution in [0.3, 0.4) is 0 Å². The molecular formula is C20H27N5O2. The van der Waals surface area contributed by atoms with Crippen molar-refractivity contribution in [1.82, 2.24) is 14.9 Å². The summed E-state index contributed by atoms with van der Waals surface area (Å²) in [4.78, 5) is 24.6. The first-order valence-corrected chi connectivity index (χ1v) is 9.53. The smallest absolute Gasteiger partial charge is 0.409 e. The molecule has 7 nitrogen and oxygen atoms in total. The topological polar surface area (TPSA) is 70.6 Å². The van der Waals surface area contributed by atoms with Crippen LogP contribution in [0.15, 0.2) is 42.6 Å². The lowest BCUT2D eigenvalue weighted by atomic mass is 10.1. The average Bonchev–Trinajstić information content (AvgIpc) is 2.72. The molecule has 0 bridgehead atoms. The molecular weight excluding hydrogens is 342 g/mol. The van der Waals surface area contributed by atoms with E-state index in [-0.39, 0.29) is 6.09 Å². The second kappa shape index (κ2) is 9.75. The van der Waals surface area contributed by atoms with Crippen LogP contribution in [0.25, 0.3) is 0 Å². The maximum absolute atomic E-state index is 11.8. The van der Waals surface area contributed by atoms with Gasteiger partial charge in [0.05, 0.1) is 6.61 Å². The summed E-state index contributed by atoms with van der Waals surface area (Å²) in [6, 6.07) is 12.4. The Hall–Kier alpha value is -2.83. The Labute approximate surface area is 160 Å². The van der Waals surface area contributed by atoms with Crippen LogP contribution in [-0.4, -0.2) is 60.3 Å². The van der Waals surface area contributed by atoms with Crippen LogP contribution in [0.1, 0.15) is 18.9 Å². The number of hydrogen-bond acceptors (Lipinski definition) is 6. The van der Waals surface area contributed by atoms with Crippen molar-refractivity contribution in [1.29, 1.82) is 0 Å². The van der Waals surface area contributed by atoms with Crippen molar-refractivity contribution in [2.45, 2.75) is 19.8 Å². The molecule has 2 aromatic rings. The molecule has 1 aromatic carbocycles. The standard InChI is InChI=1S/C20H27N5O2/c1-2-27-20(26)25-15-13-24(14-16-25)18-10-12-22-19(23-18)21-11-6-9-17-7-4-3-5-8-17/h3-5,7-8,10,12H,2,6,9,11,13-16H2,1H3,(H,21,22,23). The minimum absolute atomic E-state index is 0.236. The van der Waals surface area contributed by atoms with Gasteiger partial charge in [-0.15, -0.1) is 0 Å². The van der Waals surface area contributed by atoms with Gasteiger partial charge in [0.1, 0.15) is 5.82 Å². The fourth-order valence-electron chi connectivity index (χ4n) is 3.08. The second-order valence-corrected chi connectivity index (χ2v) is 6.43. The van der Waals surface area contributed by atoms with Crippen molar-refractivity contribution in [3.05, 3.63) is 48.2 Å². The van der Waals surface area contributed by atoms with Crippen LogP contribution < -0.4 is 10.2 Å². The second-order valence-electron chi connectivity index (χ2n) is 6.43. The van der Waals surface area contributed by atoms with Crippen LogP contribution in [0.4, 0.5) is 16.6 Å². The molecule has 1 saturated heterocycles. The summed E-state index contributed by atoms with van der Waals surface area (Å²) >= 11 is 0. The number of ether oxygens (including phenoxy) is 1. The Morgan fingerprint density at radius 3 is 2.67 bits per heavy atom. The zero-order chi connectivity index (χ0) is 18.9. The van der Waals surface area contributed by atoms with E-state index in [0.29, 0.717) is 25.6 Å². The summed E-state index contributed by atoms with van der Waals surface area (Å²) in [5.74, 6) is 1.53. The number of piperazine rings is 1. The molecule has 144 valence electrons. The zero-order valence-corrected chi connectivity index (χ0v) is 15.8. The molecule has 2 heterocycles. The number of nitrogens with one attached hydrogen (secondary N) is 1. The number of nitrogens with zero attached hydrogens (tertiary/aromatic N) is 4. The number of hydrogen-bond donors (Lipinski definition) is 1. The van der Waals surface area contributed by atoms with Gasteiger partial charge in [-0.3, -0.25) is 0 Å². The van der Waals surface area contributed by atoms with Crippen molar-refractivity contribution in [2.24, 2.45) is 0 Å². The summed E-state index contributed by atoms with van der Waals surface area (Å²) in [5.41, 5.74) is 1.34. The zero-order valence-electron chi connectivity index (χ0n) is 15.8. The van der Waals surface area contributed by atoms with Gasteiger partial charge in [0, 0.05) is 38.9 Å². The molecule has 0 saturated carbocycles. The van der Waals surface area contributed by atoms with Crippen molar-refractivity contribution < 1.29 is 9.53 Å². The number of amides is 1. The first-order valence-electron chi connectivity index (χ1n) is 9.53. The predicted molar refractivity (Wildman–Crippen MR) is 106 cm³/mol. The highest BCUT2D eigenvalue weighted by Crippen LogP contribution is 2.15. The molecule has 1 aromatic heterocycles. The average molecular weight is 369 g/mol. The van der Waals surface area contributed by atoms with Gasteiger partial charge in [-0.25, -0.2) is 9.78 Å². The molecule has 1 aliphatic heterocycles. The maximum atomic E-state index is 11.8. The molecule has 0 unspecified atom stereocenters. The predicted octanol–water partition coefficient (Wildman–Crippen LogP) is 2.80. The van der Waals surface area contributed by atoms with Gasteiger partial charge in [-0.1, -0.05) is 30.3 Å². The van der Waals surface area contributed by atoms with Crippen LogP contribution >= 0.6 is 0 Å². The summed E-state index contributed by atoms with van der Waals surface area (Å²) in [5, 5.41) is 3.30. The Bertz CT molecular complexity index is 717. The molecule has 0 aliphatic carbocycles. The number of carbonyl (C=O) groups excluding carboxylic acids is 1. The third-order valence-electron chi connectivity index (χ3n) is 4.54. The molecule has 27 heavy (non-hydrogen) atoms. The van der Waals surface area contributed by atoms with E-state index in [0.717, 1.165) is 38.3 Å². The Balaban J connectivity index is 1.45. The third-order valence-corrected chi connectivity index (χ3v) is 4.54. The number of aryl methyl sites for hydroxylation is 1. The van der Waals surface area contributed by atoms with Crippen LogP contribution in [0.5, 0.6) is 0 Å². The summed E-state index contributed by atoms with van der Waals surface area (Å²) in [6.07, 6.45) is 3.60. The molecule has 7 heteroatoms. The van der Waals surface area contributed by atoms with Gasteiger partial charge in [0.15, 0.2) is 0 Å². The van der Waals surface area contributed by atoms with Crippen LogP contribution in [-0.2, 0) is 11.2 Å². The molecule has 3 rings (SSSR count).